The first-order valence-corrected chi connectivity index (χ1v) is 5.38. The van der Waals surface area contributed by atoms with Crippen molar-refractivity contribution < 1.29 is 19.4 Å². The third-order valence-electron chi connectivity index (χ3n) is 2.42. The van der Waals surface area contributed by atoms with Crippen LogP contribution in [0.3, 0.4) is 0 Å². The highest BCUT2D eigenvalue weighted by Crippen LogP contribution is 2.30. The minimum absolute atomic E-state index is 0.143. The highest BCUT2D eigenvalue weighted by molar-refractivity contribution is 6.32. The summed E-state index contributed by atoms with van der Waals surface area (Å²) < 4.78 is 13.3. The Hall–Kier alpha value is -2.07. The zero-order valence-corrected chi connectivity index (χ0v) is 9.78. The zero-order chi connectivity index (χ0) is 13.3. The molecule has 92 valence electrons. The van der Waals surface area contributed by atoms with Gasteiger partial charge in [0.1, 0.15) is 11.6 Å². The second-order valence-electron chi connectivity index (χ2n) is 3.70. The molecule has 0 amide bonds. The average Bonchev–Trinajstić information content (AvgIpc) is 2.31. The summed E-state index contributed by atoms with van der Waals surface area (Å²) in [4.78, 5) is 10.8. The van der Waals surface area contributed by atoms with Crippen molar-refractivity contribution in [1.29, 1.82) is 0 Å². The van der Waals surface area contributed by atoms with Crippen molar-refractivity contribution in [2.24, 2.45) is 0 Å². The van der Waals surface area contributed by atoms with Crippen LogP contribution < -0.4 is 0 Å². The van der Waals surface area contributed by atoms with Gasteiger partial charge in [0, 0.05) is 0 Å². The third-order valence-corrected chi connectivity index (χ3v) is 2.74. The average molecular weight is 267 g/mol. The van der Waals surface area contributed by atoms with E-state index in [-0.39, 0.29) is 16.3 Å². The predicted molar refractivity (Wildman–Crippen MR) is 65.5 cm³/mol. The molecule has 0 radical (unpaired) electrons. The van der Waals surface area contributed by atoms with E-state index in [0.717, 1.165) is 6.07 Å². The first-order valence-electron chi connectivity index (χ1n) is 5.00. The van der Waals surface area contributed by atoms with Gasteiger partial charge in [-0.05, 0) is 41.5 Å². The van der Waals surface area contributed by atoms with Gasteiger partial charge in [-0.15, -0.1) is 0 Å². The number of hydrogen-bond acceptors (Lipinski definition) is 2. The van der Waals surface area contributed by atoms with E-state index in [1.54, 1.807) is 6.07 Å². The standard InChI is InChI=1S/C13H8ClFO3/c14-11-2-1-7(6-12(11)16)8-3-9(13(17)18)5-10(15)4-8/h1-6,16H,(H,17,18). The van der Waals surface area contributed by atoms with Gasteiger partial charge in [0.25, 0.3) is 0 Å². The van der Waals surface area contributed by atoms with Crippen LogP contribution in [-0.2, 0) is 0 Å². The number of phenolic OH excluding ortho intramolecular Hbond substituents is 1. The number of carbonyl (C=O) groups is 1. The Balaban J connectivity index is 2.56. The molecule has 3 nitrogen and oxygen atoms in total. The molecule has 0 spiro atoms. The van der Waals surface area contributed by atoms with Crippen molar-refractivity contribution in [2.75, 3.05) is 0 Å². The molecule has 5 heteroatoms. The van der Waals surface area contributed by atoms with E-state index in [0.29, 0.717) is 11.1 Å². The Morgan fingerprint density at radius 2 is 1.83 bits per heavy atom. The van der Waals surface area contributed by atoms with Crippen LogP contribution in [-0.4, -0.2) is 16.2 Å². The second-order valence-corrected chi connectivity index (χ2v) is 4.11. The lowest BCUT2D eigenvalue weighted by atomic mass is 10.0. The molecule has 0 atom stereocenters. The minimum Gasteiger partial charge on any atom is -0.506 e. The Labute approximate surface area is 107 Å². The van der Waals surface area contributed by atoms with Crippen LogP contribution in [0.15, 0.2) is 36.4 Å². The number of aromatic carboxylic acids is 1. The Morgan fingerprint density at radius 3 is 2.44 bits per heavy atom. The molecule has 0 saturated carbocycles. The van der Waals surface area contributed by atoms with Crippen LogP contribution in [0.1, 0.15) is 10.4 Å². The molecule has 2 aromatic carbocycles. The number of benzene rings is 2. The summed E-state index contributed by atoms with van der Waals surface area (Å²) >= 11 is 5.66. The molecule has 18 heavy (non-hydrogen) atoms. The third kappa shape index (κ3) is 2.43. The Kier molecular flexibility index (Phi) is 3.21. The van der Waals surface area contributed by atoms with Crippen LogP contribution in [0.25, 0.3) is 11.1 Å². The largest absolute Gasteiger partial charge is 0.506 e. The molecule has 0 heterocycles. The first-order chi connectivity index (χ1) is 8.47. The molecule has 0 aliphatic heterocycles. The normalized spacial score (nSPS) is 10.3. The van der Waals surface area contributed by atoms with Gasteiger partial charge in [-0.1, -0.05) is 17.7 Å². The molecular weight excluding hydrogens is 259 g/mol. The van der Waals surface area contributed by atoms with Gasteiger partial charge in [-0.25, -0.2) is 9.18 Å². The Morgan fingerprint density at radius 1 is 1.11 bits per heavy atom. The lowest BCUT2D eigenvalue weighted by molar-refractivity contribution is 0.0696. The fourth-order valence-corrected chi connectivity index (χ4v) is 1.69. The van der Waals surface area contributed by atoms with Gasteiger partial charge in [-0.3, -0.25) is 0 Å². The number of aromatic hydroxyl groups is 1. The molecule has 2 aromatic rings. The summed E-state index contributed by atoms with van der Waals surface area (Å²) in [6.45, 7) is 0. The fraction of sp³-hybridized carbons (Fsp3) is 0. The summed E-state index contributed by atoms with van der Waals surface area (Å²) in [5.41, 5.74) is 0.692. The number of rotatable bonds is 2. The van der Waals surface area contributed by atoms with Crippen molar-refractivity contribution in [3.63, 3.8) is 0 Å². The first kappa shape index (κ1) is 12.4. The van der Waals surface area contributed by atoms with Gasteiger partial charge in [-0.2, -0.15) is 0 Å². The van der Waals surface area contributed by atoms with E-state index < -0.39 is 11.8 Å². The van der Waals surface area contributed by atoms with Gasteiger partial charge in [0.15, 0.2) is 0 Å². The van der Waals surface area contributed by atoms with E-state index in [1.165, 1.54) is 24.3 Å². The van der Waals surface area contributed by atoms with Gasteiger partial charge < -0.3 is 10.2 Å². The van der Waals surface area contributed by atoms with Crippen molar-refractivity contribution in [3.8, 4) is 16.9 Å². The maximum Gasteiger partial charge on any atom is 0.335 e. The summed E-state index contributed by atoms with van der Waals surface area (Å²) in [6, 6.07) is 7.83. The van der Waals surface area contributed by atoms with Gasteiger partial charge in [0.05, 0.1) is 10.6 Å². The topological polar surface area (TPSA) is 57.5 Å². The molecule has 0 aliphatic rings. The minimum atomic E-state index is -1.21. The number of carboxylic acid groups (broad SMARTS) is 1. The quantitative estimate of drug-likeness (QED) is 0.874. The van der Waals surface area contributed by atoms with Crippen molar-refractivity contribution >= 4 is 17.6 Å². The zero-order valence-electron chi connectivity index (χ0n) is 9.02. The maximum absolute atomic E-state index is 13.3. The van der Waals surface area contributed by atoms with Gasteiger partial charge in [0.2, 0.25) is 0 Å². The van der Waals surface area contributed by atoms with Crippen LogP contribution in [0.2, 0.25) is 5.02 Å². The van der Waals surface area contributed by atoms with Crippen LogP contribution >= 0.6 is 11.6 Å². The summed E-state index contributed by atoms with van der Waals surface area (Å²) in [7, 11) is 0. The maximum atomic E-state index is 13.3. The van der Waals surface area contributed by atoms with E-state index in [4.69, 9.17) is 16.7 Å². The number of phenols is 1. The van der Waals surface area contributed by atoms with Gasteiger partial charge >= 0.3 is 5.97 Å². The van der Waals surface area contributed by atoms with Crippen molar-refractivity contribution in [1.82, 2.24) is 0 Å². The molecular formula is C13H8ClFO3. The molecule has 0 saturated heterocycles. The number of carboxylic acids is 1. The molecule has 0 aromatic heterocycles. The lowest BCUT2D eigenvalue weighted by Crippen LogP contribution is -1.97. The monoisotopic (exact) mass is 266 g/mol. The molecule has 0 bridgehead atoms. The molecule has 2 rings (SSSR count). The highest BCUT2D eigenvalue weighted by Gasteiger charge is 2.09. The van der Waals surface area contributed by atoms with E-state index in [2.05, 4.69) is 0 Å². The highest BCUT2D eigenvalue weighted by atomic mass is 35.5. The lowest BCUT2D eigenvalue weighted by Gasteiger charge is -2.05. The van der Waals surface area contributed by atoms with E-state index in [9.17, 15) is 14.3 Å². The van der Waals surface area contributed by atoms with Crippen LogP contribution in [0, 0.1) is 5.82 Å². The van der Waals surface area contributed by atoms with Crippen molar-refractivity contribution in [3.05, 3.63) is 52.8 Å². The Bertz CT molecular complexity index is 626. The number of halogens is 2. The fourth-order valence-electron chi connectivity index (χ4n) is 1.57. The smallest absolute Gasteiger partial charge is 0.335 e. The van der Waals surface area contributed by atoms with E-state index in [1.807, 2.05) is 0 Å². The molecule has 0 fully saturated rings. The van der Waals surface area contributed by atoms with Crippen molar-refractivity contribution in [2.45, 2.75) is 0 Å². The summed E-state index contributed by atoms with van der Waals surface area (Å²) in [6.07, 6.45) is 0. The summed E-state index contributed by atoms with van der Waals surface area (Å²) in [5.74, 6) is -2.01. The SMILES string of the molecule is O=C(O)c1cc(F)cc(-c2ccc(Cl)c(O)c2)c1. The number of hydrogen-bond donors (Lipinski definition) is 2. The van der Waals surface area contributed by atoms with Crippen LogP contribution in [0.5, 0.6) is 5.75 Å². The van der Waals surface area contributed by atoms with Crippen LogP contribution in [0.4, 0.5) is 4.39 Å². The van der Waals surface area contributed by atoms with E-state index >= 15 is 0 Å². The second kappa shape index (κ2) is 4.66. The summed E-state index contributed by atoms with van der Waals surface area (Å²) in [5, 5.41) is 18.5. The molecule has 2 N–H and O–H groups in total. The molecule has 0 unspecified atom stereocenters. The predicted octanol–water partition coefficient (Wildman–Crippen LogP) is 3.55. The molecule has 0 aliphatic carbocycles.